The van der Waals surface area contributed by atoms with E-state index in [1.54, 1.807) is 11.8 Å². The van der Waals surface area contributed by atoms with Gasteiger partial charge in [-0.15, -0.1) is 11.8 Å². The number of carbonyl (C=O) groups is 1. The number of thioether (sulfide) groups is 1. The summed E-state index contributed by atoms with van der Waals surface area (Å²) in [7, 11) is 0. The van der Waals surface area contributed by atoms with Crippen LogP contribution in [0.25, 0.3) is 0 Å². The zero-order chi connectivity index (χ0) is 13.9. The number of carbonyl (C=O) groups excluding carboxylic acids is 1. The Morgan fingerprint density at radius 1 is 1.05 bits per heavy atom. The molecular formula is C17H17NOS. The fourth-order valence-corrected chi connectivity index (χ4v) is 3.00. The van der Waals surface area contributed by atoms with Crippen LogP contribution in [0, 0.1) is 0 Å². The average molecular weight is 283 g/mol. The molecule has 0 fully saturated rings. The zero-order valence-electron chi connectivity index (χ0n) is 11.5. The van der Waals surface area contributed by atoms with Crippen LogP contribution in [0.2, 0.25) is 0 Å². The van der Waals surface area contributed by atoms with E-state index in [4.69, 9.17) is 0 Å². The quantitative estimate of drug-likeness (QED) is 0.631. The van der Waals surface area contributed by atoms with E-state index in [1.165, 1.54) is 16.0 Å². The van der Waals surface area contributed by atoms with E-state index in [-0.39, 0.29) is 5.78 Å². The minimum atomic E-state index is 0.199. The van der Waals surface area contributed by atoms with Crippen LogP contribution in [0.4, 0.5) is 0 Å². The highest BCUT2D eigenvalue weighted by Gasteiger charge is 2.20. The predicted octanol–water partition coefficient (Wildman–Crippen LogP) is 3.61. The predicted molar refractivity (Wildman–Crippen MR) is 83.1 cm³/mol. The van der Waals surface area contributed by atoms with Gasteiger partial charge in [-0.2, -0.15) is 0 Å². The van der Waals surface area contributed by atoms with Crippen molar-refractivity contribution in [1.29, 1.82) is 0 Å². The number of ketones is 1. The molecule has 102 valence electrons. The van der Waals surface area contributed by atoms with Gasteiger partial charge in [0.05, 0.1) is 6.54 Å². The molecule has 1 heterocycles. The van der Waals surface area contributed by atoms with Gasteiger partial charge in [-0.25, -0.2) is 0 Å². The molecule has 3 rings (SSSR count). The van der Waals surface area contributed by atoms with E-state index < -0.39 is 0 Å². The summed E-state index contributed by atoms with van der Waals surface area (Å²) >= 11 is 1.69. The second kappa shape index (κ2) is 5.81. The Morgan fingerprint density at radius 2 is 1.65 bits per heavy atom. The molecule has 0 atom stereocenters. The largest absolute Gasteiger partial charge is 0.293 e. The molecule has 2 nitrogen and oxygen atoms in total. The SMILES string of the molecule is CSc1ccc(C(=O)CN2Cc3ccccc3C2)cc1. The first-order valence-electron chi connectivity index (χ1n) is 6.72. The van der Waals surface area contributed by atoms with E-state index >= 15 is 0 Å². The molecule has 20 heavy (non-hydrogen) atoms. The first-order chi connectivity index (χ1) is 9.76. The molecule has 2 aromatic carbocycles. The second-order valence-corrected chi connectivity index (χ2v) is 5.95. The topological polar surface area (TPSA) is 20.3 Å². The molecule has 0 aliphatic carbocycles. The molecular weight excluding hydrogens is 266 g/mol. The van der Waals surface area contributed by atoms with Crippen molar-refractivity contribution in [2.24, 2.45) is 0 Å². The fraction of sp³-hybridized carbons (Fsp3) is 0.235. The molecule has 1 aliphatic heterocycles. The highest BCUT2D eigenvalue weighted by Crippen LogP contribution is 2.22. The number of Topliss-reactive ketones (excluding diaryl/α,β-unsaturated/α-hetero) is 1. The van der Waals surface area contributed by atoms with Crippen LogP contribution in [-0.2, 0) is 13.1 Å². The minimum Gasteiger partial charge on any atom is -0.293 e. The van der Waals surface area contributed by atoms with Crippen LogP contribution in [0.5, 0.6) is 0 Å². The van der Waals surface area contributed by atoms with Gasteiger partial charge in [-0.05, 0) is 29.5 Å². The zero-order valence-corrected chi connectivity index (χ0v) is 12.3. The van der Waals surface area contributed by atoms with Crippen LogP contribution in [0.15, 0.2) is 53.4 Å². The third kappa shape index (κ3) is 2.79. The van der Waals surface area contributed by atoms with Crippen LogP contribution in [0.1, 0.15) is 21.5 Å². The molecule has 0 bridgehead atoms. The maximum atomic E-state index is 12.3. The Balaban J connectivity index is 1.65. The first kappa shape index (κ1) is 13.4. The van der Waals surface area contributed by atoms with Gasteiger partial charge in [0.1, 0.15) is 0 Å². The van der Waals surface area contributed by atoms with Crippen molar-refractivity contribution in [2.45, 2.75) is 18.0 Å². The van der Waals surface area contributed by atoms with E-state index in [9.17, 15) is 4.79 Å². The third-order valence-corrected chi connectivity index (χ3v) is 4.43. The van der Waals surface area contributed by atoms with E-state index in [2.05, 4.69) is 29.2 Å². The van der Waals surface area contributed by atoms with Gasteiger partial charge in [-0.1, -0.05) is 36.4 Å². The summed E-state index contributed by atoms with van der Waals surface area (Å²) in [4.78, 5) is 15.7. The van der Waals surface area contributed by atoms with Crippen molar-refractivity contribution >= 4 is 17.5 Å². The lowest BCUT2D eigenvalue weighted by molar-refractivity contribution is 0.0929. The van der Waals surface area contributed by atoms with Crippen LogP contribution < -0.4 is 0 Å². The van der Waals surface area contributed by atoms with Gasteiger partial charge >= 0.3 is 0 Å². The summed E-state index contributed by atoms with van der Waals surface area (Å²) in [6, 6.07) is 16.3. The van der Waals surface area contributed by atoms with Crippen LogP contribution in [-0.4, -0.2) is 23.5 Å². The molecule has 0 aromatic heterocycles. The molecule has 0 spiro atoms. The van der Waals surface area contributed by atoms with E-state index in [0.717, 1.165) is 18.7 Å². The van der Waals surface area contributed by atoms with Crippen molar-refractivity contribution in [3.8, 4) is 0 Å². The van der Waals surface area contributed by atoms with Crippen molar-refractivity contribution < 1.29 is 4.79 Å². The lowest BCUT2D eigenvalue weighted by Crippen LogP contribution is -2.24. The molecule has 0 saturated heterocycles. The highest BCUT2D eigenvalue weighted by atomic mass is 32.2. The van der Waals surface area contributed by atoms with Gasteiger partial charge < -0.3 is 0 Å². The van der Waals surface area contributed by atoms with E-state index in [1.807, 2.05) is 30.5 Å². The van der Waals surface area contributed by atoms with Gasteiger partial charge in [0, 0.05) is 23.5 Å². The van der Waals surface area contributed by atoms with Crippen LogP contribution >= 0.6 is 11.8 Å². The summed E-state index contributed by atoms with van der Waals surface area (Å²) in [5, 5.41) is 0. The number of fused-ring (bicyclic) bond motifs is 1. The molecule has 0 unspecified atom stereocenters. The summed E-state index contributed by atoms with van der Waals surface area (Å²) in [6.45, 7) is 2.25. The van der Waals surface area contributed by atoms with Crippen molar-refractivity contribution in [2.75, 3.05) is 12.8 Å². The average Bonchev–Trinajstić information content (AvgIpc) is 2.89. The number of hydrogen-bond donors (Lipinski definition) is 0. The fourth-order valence-electron chi connectivity index (χ4n) is 2.59. The Hall–Kier alpha value is -1.58. The monoisotopic (exact) mass is 283 g/mol. The highest BCUT2D eigenvalue weighted by molar-refractivity contribution is 7.98. The van der Waals surface area contributed by atoms with Gasteiger partial charge in [0.2, 0.25) is 0 Å². The van der Waals surface area contributed by atoms with E-state index in [0.29, 0.717) is 6.54 Å². The molecule has 0 radical (unpaired) electrons. The van der Waals surface area contributed by atoms with Crippen molar-refractivity contribution in [3.05, 3.63) is 65.2 Å². The number of nitrogens with zero attached hydrogens (tertiary/aromatic N) is 1. The summed E-state index contributed by atoms with van der Waals surface area (Å²) in [5.41, 5.74) is 3.50. The Labute approximate surface area is 123 Å². The Kier molecular flexibility index (Phi) is 3.90. The maximum absolute atomic E-state index is 12.3. The number of rotatable bonds is 4. The lowest BCUT2D eigenvalue weighted by Gasteiger charge is -2.13. The second-order valence-electron chi connectivity index (χ2n) is 5.07. The van der Waals surface area contributed by atoms with Crippen molar-refractivity contribution in [1.82, 2.24) is 4.90 Å². The van der Waals surface area contributed by atoms with Gasteiger partial charge in [0.15, 0.2) is 5.78 Å². The first-order valence-corrected chi connectivity index (χ1v) is 7.95. The minimum absolute atomic E-state index is 0.199. The molecule has 3 heteroatoms. The third-order valence-electron chi connectivity index (χ3n) is 3.69. The number of benzene rings is 2. The van der Waals surface area contributed by atoms with Gasteiger partial charge in [0.25, 0.3) is 0 Å². The summed E-state index contributed by atoms with van der Waals surface area (Å²) < 4.78 is 0. The van der Waals surface area contributed by atoms with Crippen LogP contribution in [0.3, 0.4) is 0 Å². The molecule has 0 saturated carbocycles. The molecule has 0 amide bonds. The molecule has 2 aromatic rings. The van der Waals surface area contributed by atoms with Crippen molar-refractivity contribution in [3.63, 3.8) is 0 Å². The standard InChI is InChI=1S/C17H17NOS/c1-20-16-8-6-13(7-9-16)17(19)12-18-10-14-4-2-3-5-15(14)11-18/h2-9H,10-12H2,1H3. The number of hydrogen-bond acceptors (Lipinski definition) is 3. The summed E-state index contributed by atoms with van der Waals surface area (Å²) in [5.74, 6) is 0.199. The Bertz CT molecular complexity index is 596. The van der Waals surface area contributed by atoms with Gasteiger partial charge in [-0.3, -0.25) is 9.69 Å². The molecule has 1 aliphatic rings. The normalized spacial score (nSPS) is 14.2. The lowest BCUT2D eigenvalue weighted by atomic mass is 10.1. The summed E-state index contributed by atoms with van der Waals surface area (Å²) in [6.07, 6.45) is 2.04. The Morgan fingerprint density at radius 3 is 2.20 bits per heavy atom. The maximum Gasteiger partial charge on any atom is 0.176 e. The molecule has 0 N–H and O–H groups in total. The smallest absolute Gasteiger partial charge is 0.176 e.